The van der Waals surface area contributed by atoms with E-state index in [9.17, 15) is 14.4 Å². The molecule has 122 valence electrons. The van der Waals surface area contributed by atoms with Crippen molar-refractivity contribution in [3.05, 3.63) is 48.6 Å². The maximum absolute atomic E-state index is 12.3. The Morgan fingerprint density at radius 2 is 2.00 bits per heavy atom. The Balaban J connectivity index is 1.84. The van der Waals surface area contributed by atoms with Crippen molar-refractivity contribution in [2.45, 2.75) is 12.8 Å². The quantitative estimate of drug-likeness (QED) is 0.634. The third-order valence-corrected chi connectivity index (χ3v) is 5.35. The normalized spacial score (nSPS) is 28.1. The molecule has 1 fully saturated rings. The summed E-state index contributed by atoms with van der Waals surface area (Å²) < 4.78 is 0. The average Bonchev–Trinajstić information content (AvgIpc) is 2.79. The molecule has 1 aliphatic carbocycles. The van der Waals surface area contributed by atoms with Crippen LogP contribution in [0.4, 0.5) is 5.69 Å². The van der Waals surface area contributed by atoms with E-state index in [1.165, 1.54) is 6.08 Å². The van der Waals surface area contributed by atoms with Gasteiger partial charge in [-0.1, -0.05) is 30.9 Å². The van der Waals surface area contributed by atoms with Crippen LogP contribution in [0.25, 0.3) is 5.57 Å². The molecule has 3 aliphatic rings. The van der Waals surface area contributed by atoms with E-state index in [0.29, 0.717) is 19.4 Å². The van der Waals surface area contributed by atoms with Gasteiger partial charge in [-0.15, -0.1) is 0 Å². The number of imide groups is 1. The van der Waals surface area contributed by atoms with Gasteiger partial charge in [0.05, 0.1) is 17.5 Å². The van der Waals surface area contributed by atoms with Crippen LogP contribution < -0.4 is 10.2 Å². The summed E-state index contributed by atoms with van der Waals surface area (Å²) in [7, 11) is 0. The maximum Gasteiger partial charge on any atom is 0.250 e. The van der Waals surface area contributed by atoms with Gasteiger partial charge < -0.3 is 4.90 Å². The molecule has 0 spiro atoms. The molecule has 1 N–H and O–H groups in total. The lowest BCUT2D eigenvalue weighted by Gasteiger charge is -2.30. The lowest BCUT2D eigenvalue weighted by molar-refractivity contribution is -0.126. The molecule has 1 saturated heterocycles. The summed E-state index contributed by atoms with van der Waals surface area (Å²) in [6.45, 7) is 4.10. The van der Waals surface area contributed by atoms with Gasteiger partial charge in [-0.25, -0.2) is 0 Å². The van der Waals surface area contributed by atoms with E-state index in [4.69, 9.17) is 0 Å². The Labute approximate surface area is 140 Å². The first kappa shape index (κ1) is 14.9. The largest absolute Gasteiger partial charge is 0.308 e. The Bertz CT molecular complexity index is 796. The summed E-state index contributed by atoms with van der Waals surface area (Å²) in [5.41, 5.74) is 2.90. The Morgan fingerprint density at radius 3 is 2.79 bits per heavy atom. The topological polar surface area (TPSA) is 66.5 Å². The molecule has 0 aromatic heterocycles. The fraction of sp³-hybridized carbons (Fsp3) is 0.316. The molecule has 5 nitrogen and oxygen atoms in total. The number of nitrogens with one attached hydrogen (secondary N) is 1. The van der Waals surface area contributed by atoms with Crippen LogP contribution in [0.3, 0.4) is 0 Å². The van der Waals surface area contributed by atoms with Crippen molar-refractivity contribution < 1.29 is 14.4 Å². The van der Waals surface area contributed by atoms with Gasteiger partial charge in [0.2, 0.25) is 17.7 Å². The minimum absolute atomic E-state index is 0.0426. The number of hydrogen-bond donors (Lipinski definition) is 1. The Morgan fingerprint density at radius 1 is 1.21 bits per heavy atom. The lowest BCUT2D eigenvalue weighted by Crippen LogP contribution is -2.33. The van der Waals surface area contributed by atoms with Gasteiger partial charge in [-0.2, -0.15) is 0 Å². The molecule has 4 rings (SSSR count). The van der Waals surface area contributed by atoms with Crippen LogP contribution in [0.2, 0.25) is 0 Å². The number of carbonyl (C=O) groups is 3. The second-order valence-corrected chi connectivity index (χ2v) is 6.49. The molecule has 0 bridgehead atoms. The third-order valence-electron chi connectivity index (χ3n) is 5.35. The van der Waals surface area contributed by atoms with Crippen LogP contribution >= 0.6 is 0 Å². The highest BCUT2D eigenvalue weighted by Gasteiger charge is 2.49. The number of nitrogens with zero attached hydrogens (tertiary/aromatic N) is 1. The summed E-state index contributed by atoms with van der Waals surface area (Å²) in [6.07, 6.45) is 4.61. The summed E-state index contributed by atoms with van der Waals surface area (Å²) in [5.74, 6) is -1.15. The van der Waals surface area contributed by atoms with E-state index < -0.39 is 0 Å². The zero-order chi connectivity index (χ0) is 16.8. The first-order chi connectivity index (χ1) is 11.6. The average molecular weight is 322 g/mol. The van der Waals surface area contributed by atoms with Crippen molar-refractivity contribution in [1.82, 2.24) is 5.32 Å². The summed E-state index contributed by atoms with van der Waals surface area (Å²) >= 11 is 0. The van der Waals surface area contributed by atoms with Crippen molar-refractivity contribution in [1.29, 1.82) is 0 Å². The number of rotatable bonds is 1. The molecule has 24 heavy (non-hydrogen) atoms. The Hall–Kier alpha value is -2.69. The zero-order valence-corrected chi connectivity index (χ0v) is 13.2. The van der Waals surface area contributed by atoms with Crippen LogP contribution in [0, 0.1) is 17.8 Å². The first-order valence-electron chi connectivity index (χ1n) is 8.20. The highest BCUT2D eigenvalue weighted by molar-refractivity contribution is 6.08. The molecule has 1 aromatic rings. The van der Waals surface area contributed by atoms with E-state index in [1.54, 1.807) is 4.90 Å². The molecule has 0 unspecified atom stereocenters. The monoisotopic (exact) mass is 322 g/mol. The number of amides is 3. The summed E-state index contributed by atoms with van der Waals surface area (Å²) in [5, 5.41) is 2.47. The number of benzene rings is 1. The molecular weight excluding hydrogens is 304 g/mol. The number of fused-ring (bicyclic) bond motifs is 5. The molecule has 5 heteroatoms. The van der Waals surface area contributed by atoms with Crippen LogP contribution in [0.15, 0.2) is 43.0 Å². The molecular formula is C19H18N2O3. The molecule has 0 radical (unpaired) electrons. The second-order valence-electron chi connectivity index (χ2n) is 6.49. The van der Waals surface area contributed by atoms with Crippen molar-refractivity contribution >= 4 is 29.0 Å². The van der Waals surface area contributed by atoms with Crippen LogP contribution in [-0.2, 0) is 14.4 Å². The van der Waals surface area contributed by atoms with E-state index in [-0.39, 0.29) is 35.5 Å². The van der Waals surface area contributed by atoms with Gasteiger partial charge >= 0.3 is 0 Å². The second kappa shape index (κ2) is 5.44. The van der Waals surface area contributed by atoms with Crippen LogP contribution in [0.5, 0.6) is 0 Å². The van der Waals surface area contributed by atoms with E-state index >= 15 is 0 Å². The van der Waals surface area contributed by atoms with Gasteiger partial charge in [0.25, 0.3) is 0 Å². The number of carbonyl (C=O) groups excluding carboxylic acids is 3. The molecule has 2 heterocycles. The number of para-hydroxylation sites is 1. The van der Waals surface area contributed by atoms with E-state index in [0.717, 1.165) is 16.8 Å². The van der Waals surface area contributed by atoms with Crippen molar-refractivity contribution in [3.63, 3.8) is 0 Å². The highest BCUT2D eigenvalue weighted by Crippen LogP contribution is 2.48. The minimum Gasteiger partial charge on any atom is -0.308 e. The fourth-order valence-electron chi connectivity index (χ4n) is 4.28. The van der Waals surface area contributed by atoms with Gasteiger partial charge in [0, 0.05) is 12.1 Å². The first-order valence-corrected chi connectivity index (χ1v) is 8.20. The summed E-state index contributed by atoms with van der Waals surface area (Å²) in [6, 6.07) is 7.74. The molecule has 2 aliphatic heterocycles. The van der Waals surface area contributed by atoms with E-state index in [1.807, 2.05) is 24.3 Å². The van der Waals surface area contributed by atoms with Gasteiger partial charge in [-0.05, 0) is 36.5 Å². The van der Waals surface area contributed by atoms with Gasteiger partial charge in [0.15, 0.2) is 0 Å². The minimum atomic E-state index is -0.329. The predicted octanol–water partition coefficient (Wildman–Crippen LogP) is 1.90. The van der Waals surface area contributed by atoms with Crippen molar-refractivity contribution in [2.24, 2.45) is 17.8 Å². The van der Waals surface area contributed by atoms with Gasteiger partial charge in [0.1, 0.15) is 0 Å². The van der Waals surface area contributed by atoms with Gasteiger partial charge in [-0.3, -0.25) is 19.7 Å². The van der Waals surface area contributed by atoms with Crippen molar-refractivity contribution in [2.75, 3.05) is 11.4 Å². The number of anilines is 1. The fourth-order valence-corrected chi connectivity index (χ4v) is 4.28. The van der Waals surface area contributed by atoms with Crippen LogP contribution in [-0.4, -0.2) is 24.3 Å². The molecule has 1 aromatic carbocycles. The standard InChI is InChI=1S/C19H18N2O3/c1-2-16(22)21-10-9-13-11(12-5-3-4-6-15(12)21)7-8-14-17(13)19(24)20-18(14)23/h2-7,13-14,17H,1,8-10H2,(H,20,23,24)/t13-,14+,17-/m0/s1. The van der Waals surface area contributed by atoms with Crippen molar-refractivity contribution in [3.8, 4) is 0 Å². The Kier molecular flexibility index (Phi) is 3.37. The predicted molar refractivity (Wildman–Crippen MR) is 89.8 cm³/mol. The van der Waals surface area contributed by atoms with E-state index in [2.05, 4.69) is 18.0 Å². The van der Waals surface area contributed by atoms with Crippen LogP contribution in [0.1, 0.15) is 18.4 Å². The SMILES string of the molecule is C=CC(=O)N1CC[C@H]2C(=CC[C@H]3C(=O)NC(=O)[C@H]32)c2ccccc21. The summed E-state index contributed by atoms with van der Waals surface area (Å²) in [4.78, 5) is 38.3. The highest BCUT2D eigenvalue weighted by atomic mass is 16.2. The number of hydrogen-bond acceptors (Lipinski definition) is 3. The molecule has 3 amide bonds. The smallest absolute Gasteiger partial charge is 0.250 e. The number of allylic oxidation sites excluding steroid dienone is 2. The zero-order valence-electron chi connectivity index (χ0n) is 13.2. The lowest BCUT2D eigenvalue weighted by atomic mass is 9.70. The molecule has 3 atom stereocenters. The maximum atomic E-state index is 12.3. The third kappa shape index (κ3) is 2.04. The molecule has 0 saturated carbocycles.